The minimum atomic E-state index is -1.36. The van der Waals surface area contributed by atoms with Crippen molar-refractivity contribution < 1.29 is 43.2 Å². The molecule has 4 aliphatic heterocycles. The third-order valence-electron chi connectivity index (χ3n) is 11.5. The van der Waals surface area contributed by atoms with E-state index >= 15 is 0 Å². The Morgan fingerprint density at radius 3 is 2.54 bits per heavy atom. The van der Waals surface area contributed by atoms with Crippen LogP contribution in [0.1, 0.15) is 51.2 Å². The Morgan fingerprint density at radius 2 is 1.91 bits per heavy atom. The van der Waals surface area contributed by atoms with Crippen molar-refractivity contribution in [3.05, 3.63) is 61.2 Å². The van der Waals surface area contributed by atoms with E-state index in [-0.39, 0.29) is 48.7 Å². The first-order valence-corrected chi connectivity index (χ1v) is 20.1. The van der Waals surface area contributed by atoms with Gasteiger partial charge in [-0.2, -0.15) is 0 Å². The summed E-state index contributed by atoms with van der Waals surface area (Å²) in [5.41, 5.74) is -0.723. The average Bonchev–Trinajstić information content (AvgIpc) is 3.78. The van der Waals surface area contributed by atoms with Gasteiger partial charge in [0.1, 0.15) is 17.7 Å². The molecule has 2 N–H and O–H groups in total. The predicted molar refractivity (Wildman–Crippen MR) is 205 cm³/mol. The number of morpholine rings is 1. The van der Waals surface area contributed by atoms with Gasteiger partial charge in [-0.15, -0.1) is 13.2 Å². The molecule has 1 unspecified atom stereocenters. The molecule has 0 saturated carbocycles. The van der Waals surface area contributed by atoms with Gasteiger partial charge < -0.3 is 39.2 Å². The van der Waals surface area contributed by atoms with Crippen LogP contribution in [0.5, 0.6) is 0 Å². The molecule has 14 heteroatoms. The van der Waals surface area contributed by atoms with E-state index in [2.05, 4.69) is 39.3 Å². The van der Waals surface area contributed by atoms with E-state index < -0.39 is 59.6 Å². The van der Waals surface area contributed by atoms with Gasteiger partial charge in [-0.1, -0.05) is 78.7 Å². The second-order valence-corrected chi connectivity index (χ2v) is 16.0. The van der Waals surface area contributed by atoms with Gasteiger partial charge in [-0.25, -0.2) is 0 Å². The summed E-state index contributed by atoms with van der Waals surface area (Å²) in [6, 6.07) is 6.55. The highest BCUT2D eigenvalue weighted by atomic mass is 79.9. The Balaban J connectivity index is 1.51. The average molecular weight is 818 g/mol. The first-order chi connectivity index (χ1) is 26.1. The Bertz CT molecular complexity index is 1480. The Kier molecular flexibility index (Phi) is 14.9. The lowest BCUT2D eigenvalue weighted by Crippen LogP contribution is -2.60. The lowest BCUT2D eigenvalue weighted by Gasteiger charge is -2.41. The predicted octanol–water partition coefficient (Wildman–Crippen LogP) is 2.87. The summed E-state index contributed by atoms with van der Waals surface area (Å²) < 4.78 is 24.2. The number of halogens is 1. The van der Waals surface area contributed by atoms with Gasteiger partial charge in [0.25, 0.3) is 0 Å². The van der Waals surface area contributed by atoms with Crippen molar-refractivity contribution >= 4 is 39.6 Å². The van der Waals surface area contributed by atoms with Gasteiger partial charge in [-0.05, 0) is 24.3 Å². The van der Waals surface area contributed by atoms with Crippen molar-refractivity contribution in [3.63, 3.8) is 0 Å². The number of carbonyl (C=O) groups excluding carboxylic acids is 4. The van der Waals surface area contributed by atoms with Crippen molar-refractivity contribution in [3.8, 4) is 0 Å². The van der Waals surface area contributed by atoms with Crippen LogP contribution in [-0.4, -0.2) is 144 Å². The van der Waals surface area contributed by atoms with E-state index in [0.29, 0.717) is 51.1 Å². The van der Waals surface area contributed by atoms with E-state index in [1.165, 1.54) is 12.0 Å². The lowest BCUT2D eigenvalue weighted by molar-refractivity contribution is -0.163. The normalized spacial score (nSPS) is 28.5. The number of benzene rings is 1. The van der Waals surface area contributed by atoms with Crippen LogP contribution in [0.15, 0.2) is 55.6 Å². The summed E-state index contributed by atoms with van der Waals surface area (Å²) in [4.78, 5) is 62.7. The molecule has 1 aromatic carbocycles. The van der Waals surface area contributed by atoms with Crippen LogP contribution in [0, 0.1) is 17.8 Å². The molecule has 5 rings (SSSR count). The Morgan fingerprint density at radius 1 is 1.19 bits per heavy atom. The molecule has 3 amide bonds. The van der Waals surface area contributed by atoms with Gasteiger partial charge in [0, 0.05) is 51.1 Å². The second kappa shape index (κ2) is 19.1. The van der Waals surface area contributed by atoms with Crippen LogP contribution in [0.4, 0.5) is 0 Å². The van der Waals surface area contributed by atoms with Gasteiger partial charge in [-0.3, -0.25) is 24.1 Å². The van der Waals surface area contributed by atoms with Crippen LogP contribution in [0.25, 0.3) is 0 Å². The molecule has 1 aromatic rings. The number of aliphatic hydroxyl groups excluding tert-OH is 1. The molecule has 4 saturated heterocycles. The highest BCUT2D eigenvalue weighted by Gasteiger charge is 2.77. The number of amides is 3. The van der Waals surface area contributed by atoms with E-state index in [9.17, 15) is 24.3 Å². The maximum absolute atomic E-state index is 15.0. The molecule has 54 heavy (non-hydrogen) atoms. The van der Waals surface area contributed by atoms with Crippen LogP contribution in [0.2, 0.25) is 0 Å². The number of nitrogens with one attached hydrogen (secondary N) is 1. The van der Waals surface area contributed by atoms with Crippen molar-refractivity contribution in [2.24, 2.45) is 17.8 Å². The molecule has 10 atom stereocenters. The number of fused-ring (bicyclic) bond motifs is 1. The first-order valence-electron chi connectivity index (χ1n) is 19.2. The third kappa shape index (κ3) is 8.63. The summed E-state index contributed by atoms with van der Waals surface area (Å²) in [6.45, 7) is 15.2. The topological polar surface area (TPSA) is 147 Å². The van der Waals surface area contributed by atoms with E-state index in [0.717, 1.165) is 13.1 Å². The highest BCUT2D eigenvalue weighted by molar-refractivity contribution is 9.09. The first kappa shape index (κ1) is 42.0. The summed E-state index contributed by atoms with van der Waals surface area (Å²) in [5, 5.41) is 13.8. The zero-order chi connectivity index (χ0) is 39.0. The number of hydrogen-bond acceptors (Lipinski definition) is 10. The molecule has 298 valence electrons. The fraction of sp³-hybridized carbons (Fsp3) is 0.650. The largest absolute Gasteiger partial charge is 0.455 e. The number of aliphatic hydroxyl groups is 1. The van der Waals surface area contributed by atoms with E-state index in [1.54, 1.807) is 17.1 Å². The smallest absolute Gasteiger partial charge is 0.313 e. The minimum Gasteiger partial charge on any atom is -0.455 e. The highest BCUT2D eigenvalue weighted by Crippen LogP contribution is 2.61. The minimum absolute atomic E-state index is 0.0473. The number of likely N-dealkylation sites (tertiary alicyclic amines) is 1. The monoisotopic (exact) mass is 816 g/mol. The molecular formula is C40H57BrN4O9. The molecule has 0 radical (unpaired) electrons. The summed E-state index contributed by atoms with van der Waals surface area (Å²) >= 11 is 3.76. The fourth-order valence-electron chi connectivity index (χ4n) is 8.62. The van der Waals surface area contributed by atoms with Crippen LogP contribution in [-0.2, 0) is 38.1 Å². The molecule has 0 aliphatic carbocycles. The van der Waals surface area contributed by atoms with Gasteiger partial charge in [0.2, 0.25) is 17.7 Å². The van der Waals surface area contributed by atoms with Gasteiger partial charge in [0.15, 0.2) is 0 Å². The number of esters is 1. The number of hydrogen-bond donors (Lipinski definition) is 2. The third-order valence-corrected chi connectivity index (χ3v) is 12.4. The van der Waals surface area contributed by atoms with Gasteiger partial charge in [0.05, 0.1) is 56.5 Å². The number of rotatable bonds is 20. The number of allylic oxidation sites excluding steroid dienone is 1. The lowest BCUT2D eigenvalue weighted by atomic mass is 9.70. The van der Waals surface area contributed by atoms with Crippen molar-refractivity contribution in [2.75, 3.05) is 66.3 Å². The zero-order valence-electron chi connectivity index (χ0n) is 31.8. The summed E-state index contributed by atoms with van der Waals surface area (Å²) in [7, 11) is 1.50. The second-order valence-electron chi connectivity index (χ2n) is 14.8. The van der Waals surface area contributed by atoms with Crippen molar-refractivity contribution in [2.45, 2.75) is 80.3 Å². The van der Waals surface area contributed by atoms with Crippen LogP contribution < -0.4 is 5.32 Å². The molecule has 4 aliphatic rings. The fourth-order valence-corrected chi connectivity index (χ4v) is 9.56. The van der Waals surface area contributed by atoms with E-state index in [4.69, 9.17) is 18.9 Å². The molecule has 1 spiro atoms. The number of alkyl halides is 1. The Hall–Kier alpha value is -3.14. The van der Waals surface area contributed by atoms with Crippen LogP contribution >= 0.6 is 15.9 Å². The number of methoxy groups -OCH3 is 1. The molecular weight excluding hydrogens is 760 g/mol. The Labute approximate surface area is 327 Å². The van der Waals surface area contributed by atoms with Crippen molar-refractivity contribution in [1.29, 1.82) is 0 Å². The van der Waals surface area contributed by atoms with Gasteiger partial charge >= 0.3 is 5.97 Å². The maximum Gasteiger partial charge on any atom is 0.313 e. The zero-order valence-corrected chi connectivity index (χ0v) is 33.4. The molecule has 4 fully saturated rings. The maximum atomic E-state index is 15.0. The molecule has 13 nitrogen and oxygen atoms in total. The number of ether oxygens (including phenoxy) is 4. The molecule has 4 heterocycles. The van der Waals surface area contributed by atoms with Crippen molar-refractivity contribution in [1.82, 2.24) is 20.0 Å². The molecule has 2 bridgehead atoms. The quantitative estimate of drug-likeness (QED) is 0.115. The summed E-state index contributed by atoms with van der Waals surface area (Å²) in [5.74, 6) is -3.91. The number of nitrogens with zero attached hydrogens (tertiary/aromatic N) is 3. The number of carbonyl (C=O) groups is 4. The van der Waals surface area contributed by atoms with E-state index in [1.807, 2.05) is 44.2 Å². The standard InChI is InChI=1S/C40H57BrN4O9/c1-6-9-15-31(47)42-29(25-51-5)34(27-13-11-10-12-14-27)53-39(50)32-33-37(48)45(30(24-46)26(4)8-3)36(40(33)23-28(41)35(32)54-40)38(49)44(16-7-2)18-17-43-19-21-52-22-20-43/h6-7,10-14,26,28-30,32-36,46H,1-2,8-9,15-25H2,3-5H3,(H,42,47)/t26-,28?,29+,30-,32+,33-,34+,35+,36+,40-/m0/s1. The van der Waals surface area contributed by atoms with Crippen LogP contribution in [0.3, 0.4) is 0 Å². The molecule has 0 aromatic heterocycles. The SMILES string of the molecule is C=CCCC(=O)N[C@H](COC)[C@H](OC(=O)[C@H]1[C@@H]2O[C@@]3(CC2Br)[C@@H]1C(=O)N([C@@H](CO)[C@@H](C)CC)[C@@H]3C(=O)N(CC=C)CCN1CCOCC1)c1ccccc1. The summed E-state index contributed by atoms with van der Waals surface area (Å²) in [6.07, 6.45) is 3.23.